The first-order chi connectivity index (χ1) is 17.2. The average molecular weight is 496 g/mol. The van der Waals surface area contributed by atoms with Crippen LogP contribution in [-0.4, -0.2) is 64.8 Å². The van der Waals surface area contributed by atoms with E-state index in [1.807, 2.05) is 63.2 Å². The summed E-state index contributed by atoms with van der Waals surface area (Å²) in [5.41, 5.74) is 7.66. The van der Waals surface area contributed by atoms with Crippen molar-refractivity contribution in [2.75, 3.05) is 27.2 Å². The first-order valence-electron chi connectivity index (χ1n) is 12.2. The molecule has 0 aliphatic carbocycles. The van der Waals surface area contributed by atoms with Gasteiger partial charge in [-0.05, 0) is 30.4 Å². The molecule has 10 heteroatoms. The zero-order valence-corrected chi connectivity index (χ0v) is 21.2. The van der Waals surface area contributed by atoms with Gasteiger partial charge in [0.25, 0.3) is 0 Å². The predicted octanol–water partition coefficient (Wildman–Crippen LogP) is 2.23. The predicted molar refractivity (Wildman–Crippen MR) is 134 cm³/mol. The van der Waals surface area contributed by atoms with Crippen LogP contribution >= 0.6 is 0 Å². The van der Waals surface area contributed by atoms with Crippen molar-refractivity contribution in [3.05, 3.63) is 77.3 Å². The van der Waals surface area contributed by atoms with Crippen LogP contribution in [0.25, 0.3) is 0 Å². The van der Waals surface area contributed by atoms with Gasteiger partial charge in [-0.2, -0.15) is 4.39 Å². The number of carbonyl (C=O) groups is 2. The molecule has 2 aliphatic heterocycles. The minimum atomic E-state index is -0.637. The number of aromatic nitrogens is 1. The fourth-order valence-electron chi connectivity index (χ4n) is 4.49. The molecule has 2 amide bonds. The van der Waals surface area contributed by atoms with Gasteiger partial charge in [-0.3, -0.25) is 20.0 Å². The summed E-state index contributed by atoms with van der Waals surface area (Å²) in [6.07, 6.45) is 3.10. The molecule has 0 saturated carbocycles. The third-order valence-electron chi connectivity index (χ3n) is 6.51. The van der Waals surface area contributed by atoms with Crippen molar-refractivity contribution in [2.24, 2.45) is 0 Å². The number of carbonyl (C=O) groups excluding carboxylic acids is 2. The lowest BCUT2D eigenvalue weighted by atomic mass is 9.99. The van der Waals surface area contributed by atoms with Gasteiger partial charge in [0.2, 0.25) is 17.8 Å². The summed E-state index contributed by atoms with van der Waals surface area (Å²) in [7, 11) is 3.79. The topological polar surface area (TPSA) is 92.8 Å². The first-order valence-corrected chi connectivity index (χ1v) is 12.2. The number of likely N-dealkylation sites (tertiary alicyclic amines) is 1. The van der Waals surface area contributed by atoms with Gasteiger partial charge >= 0.3 is 0 Å². The Hall–Kier alpha value is -3.66. The Balaban J connectivity index is 1.51. The second-order valence-electron chi connectivity index (χ2n) is 9.64. The van der Waals surface area contributed by atoms with E-state index in [4.69, 9.17) is 0 Å². The van der Waals surface area contributed by atoms with Crippen molar-refractivity contribution >= 4 is 11.8 Å². The minimum absolute atomic E-state index is 0.00155. The quantitative estimate of drug-likeness (QED) is 0.484. The molecule has 2 atom stereocenters. The SMILES string of the molecule is CC(C)c1ccc([C@@H](NC(=O)[C@@H]2CCCN2C(=O)CN2C=C(N(C)C)NN2)c2ccccc2)nc1F. The van der Waals surface area contributed by atoms with Gasteiger partial charge in [-0.15, -0.1) is 5.53 Å². The number of nitrogens with zero attached hydrogens (tertiary/aromatic N) is 4. The van der Waals surface area contributed by atoms with Gasteiger partial charge in [-0.25, -0.2) is 4.98 Å². The van der Waals surface area contributed by atoms with Gasteiger partial charge in [0.15, 0.2) is 0 Å². The second-order valence-corrected chi connectivity index (χ2v) is 9.64. The van der Waals surface area contributed by atoms with Crippen LogP contribution in [0.15, 0.2) is 54.5 Å². The second kappa shape index (κ2) is 10.9. The molecular weight excluding hydrogens is 461 g/mol. The Morgan fingerprint density at radius 3 is 2.58 bits per heavy atom. The number of hydrogen-bond acceptors (Lipinski definition) is 7. The number of nitrogens with one attached hydrogen (secondary N) is 3. The normalized spacial score (nSPS) is 18.2. The number of hydrazine groups is 2. The molecule has 1 fully saturated rings. The lowest BCUT2D eigenvalue weighted by Gasteiger charge is -2.28. The minimum Gasteiger partial charge on any atom is -0.362 e. The van der Waals surface area contributed by atoms with E-state index in [1.165, 1.54) is 0 Å². The van der Waals surface area contributed by atoms with E-state index < -0.39 is 18.0 Å². The van der Waals surface area contributed by atoms with Crippen LogP contribution < -0.4 is 16.3 Å². The number of hydrogen-bond donors (Lipinski definition) is 3. The monoisotopic (exact) mass is 495 g/mol. The maximum absolute atomic E-state index is 14.8. The third-order valence-corrected chi connectivity index (χ3v) is 6.51. The number of benzene rings is 1. The smallest absolute Gasteiger partial charge is 0.244 e. The number of halogens is 1. The van der Waals surface area contributed by atoms with Crippen LogP contribution in [0.3, 0.4) is 0 Å². The zero-order valence-electron chi connectivity index (χ0n) is 21.2. The van der Waals surface area contributed by atoms with Gasteiger partial charge in [0.05, 0.1) is 17.9 Å². The zero-order chi connectivity index (χ0) is 25.8. The van der Waals surface area contributed by atoms with Gasteiger partial charge in [0.1, 0.15) is 18.4 Å². The summed E-state index contributed by atoms with van der Waals surface area (Å²) in [5.74, 6) is -0.139. The molecule has 0 bridgehead atoms. The highest BCUT2D eigenvalue weighted by molar-refractivity contribution is 5.89. The standard InChI is InChI=1S/C26H34FN7O2/c1-17(2)19-12-13-20(28-25(19)27)24(18-9-6-5-7-10-18)29-26(36)21-11-8-14-34(21)23(35)16-33-15-22(30-31-33)32(3)4/h5-7,9-10,12-13,15,17,21,24,30-31H,8,11,14,16H2,1-4H3,(H,29,36)/t21-,24-/m0/s1. The van der Waals surface area contributed by atoms with Crippen molar-refractivity contribution in [3.8, 4) is 0 Å². The Morgan fingerprint density at radius 2 is 1.94 bits per heavy atom. The molecule has 3 heterocycles. The van der Waals surface area contributed by atoms with Crippen molar-refractivity contribution < 1.29 is 14.0 Å². The van der Waals surface area contributed by atoms with Crippen LogP contribution in [0.1, 0.15) is 55.5 Å². The molecule has 0 unspecified atom stereocenters. The Bertz CT molecular complexity index is 1120. The van der Waals surface area contributed by atoms with Crippen LogP contribution in [0, 0.1) is 5.95 Å². The van der Waals surface area contributed by atoms with E-state index in [1.54, 1.807) is 28.2 Å². The van der Waals surface area contributed by atoms with Crippen LogP contribution in [0.4, 0.5) is 4.39 Å². The molecular formula is C26H34FN7O2. The molecule has 0 spiro atoms. The maximum atomic E-state index is 14.8. The van der Waals surface area contributed by atoms with E-state index in [-0.39, 0.29) is 24.3 Å². The Labute approximate surface area is 211 Å². The third kappa shape index (κ3) is 5.59. The fourth-order valence-corrected chi connectivity index (χ4v) is 4.49. The lowest BCUT2D eigenvalue weighted by Crippen LogP contribution is -2.50. The molecule has 2 aliphatic rings. The summed E-state index contributed by atoms with van der Waals surface area (Å²) in [6, 6.07) is 11.6. The Morgan fingerprint density at radius 1 is 1.19 bits per heavy atom. The lowest BCUT2D eigenvalue weighted by molar-refractivity contribution is -0.139. The van der Waals surface area contributed by atoms with Crippen molar-refractivity contribution in [1.82, 2.24) is 36.1 Å². The summed E-state index contributed by atoms with van der Waals surface area (Å²) < 4.78 is 14.8. The van der Waals surface area contributed by atoms with E-state index in [9.17, 15) is 14.0 Å². The van der Waals surface area contributed by atoms with E-state index in [2.05, 4.69) is 21.3 Å². The van der Waals surface area contributed by atoms with Crippen molar-refractivity contribution in [1.29, 1.82) is 0 Å². The molecule has 9 nitrogen and oxygen atoms in total. The van der Waals surface area contributed by atoms with E-state index in [0.717, 1.165) is 17.8 Å². The molecule has 3 N–H and O–H groups in total. The largest absolute Gasteiger partial charge is 0.362 e. The van der Waals surface area contributed by atoms with Crippen molar-refractivity contribution in [3.63, 3.8) is 0 Å². The Kier molecular flexibility index (Phi) is 7.73. The molecule has 1 aromatic carbocycles. The van der Waals surface area contributed by atoms with Gasteiger partial charge in [-0.1, -0.05) is 50.2 Å². The molecule has 0 radical (unpaired) electrons. The average Bonchev–Trinajstić information content (AvgIpc) is 3.53. The van der Waals surface area contributed by atoms with E-state index in [0.29, 0.717) is 24.2 Å². The fraction of sp³-hybridized carbons (Fsp3) is 0.423. The maximum Gasteiger partial charge on any atom is 0.244 e. The molecule has 1 saturated heterocycles. The molecule has 4 rings (SSSR count). The van der Waals surface area contributed by atoms with Gasteiger partial charge < -0.3 is 15.1 Å². The van der Waals surface area contributed by atoms with Crippen LogP contribution in [-0.2, 0) is 9.59 Å². The summed E-state index contributed by atoms with van der Waals surface area (Å²) in [6.45, 7) is 4.41. The highest BCUT2D eigenvalue weighted by Crippen LogP contribution is 2.26. The van der Waals surface area contributed by atoms with Crippen LogP contribution in [0.2, 0.25) is 0 Å². The summed E-state index contributed by atoms with van der Waals surface area (Å²) >= 11 is 0. The summed E-state index contributed by atoms with van der Waals surface area (Å²) in [5, 5.41) is 4.70. The molecule has 192 valence electrons. The van der Waals surface area contributed by atoms with Crippen LogP contribution in [0.5, 0.6) is 0 Å². The number of amides is 2. The summed E-state index contributed by atoms with van der Waals surface area (Å²) in [4.78, 5) is 34.3. The highest BCUT2D eigenvalue weighted by atomic mass is 19.1. The van der Waals surface area contributed by atoms with E-state index >= 15 is 0 Å². The number of pyridine rings is 1. The first kappa shape index (κ1) is 25.4. The highest BCUT2D eigenvalue weighted by Gasteiger charge is 2.36. The van der Waals surface area contributed by atoms with Gasteiger partial charge in [0, 0.05) is 26.2 Å². The molecule has 2 aromatic rings. The molecule has 36 heavy (non-hydrogen) atoms. The van der Waals surface area contributed by atoms with Crippen molar-refractivity contribution in [2.45, 2.75) is 44.7 Å². The number of rotatable bonds is 8. The molecule has 1 aromatic heterocycles.